The summed E-state index contributed by atoms with van der Waals surface area (Å²) in [6.07, 6.45) is 0. The van der Waals surface area contributed by atoms with Crippen LogP contribution in [0.4, 0.5) is 5.13 Å². The molecule has 29 heavy (non-hydrogen) atoms. The molecule has 0 saturated carbocycles. The molecule has 0 saturated heterocycles. The molecule has 1 heterocycles. The molecular weight excluding hydrogens is 410 g/mol. The summed E-state index contributed by atoms with van der Waals surface area (Å²) >= 11 is 2.49. The molecule has 1 N–H and O–H groups in total. The minimum atomic E-state index is -0.303. The van der Waals surface area contributed by atoms with E-state index in [1.165, 1.54) is 23.1 Å². The van der Waals surface area contributed by atoms with Gasteiger partial charge >= 0.3 is 0 Å². The van der Waals surface area contributed by atoms with Crippen molar-refractivity contribution in [3.05, 3.63) is 65.7 Å². The Morgan fingerprint density at radius 2 is 1.83 bits per heavy atom. The molecule has 150 valence electrons. The summed E-state index contributed by atoms with van der Waals surface area (Å²) in [5.74, 6) is 0.608. The maximum atomic E-state index is 12.2. The number of hydrogen-bond donors (Lipinski definition) is 1. The first-order valence-electron chi connectivity index (χ1n) is 8.69. The fourth-order valence-electron chi connectivity index (χ4n) is 2.30. The number of thioether (sulfide) groups is 1. The molecule has 0 aliphatic rings. The van der Waals surface area contributed by atoms with Gasteiger partial charge in [-0.1, -0.05) is 53.4 Å². The Bertz CT molecular complexity index is 946. The number of nitrogens with zero attached hydrogens (tertiary/aromatic N) is 2. The first kappa shape index (κ1) is 21.0. The summed E-state index contributed by atoms with van der Waals surface area (Å²) in [6.45, 7) is 0.284. The number of nitrogens with one attached hydrogen (secondary N) is 1. The van der Waals surface area contributed by atoms with Crippen molar-refractivity contribution in [2.24, 2.45) is 0 Å². The fourth-order valence-corrected chi connectivity index (χ4v) is 3.96. The number of benzene rings is 2. The third-order valence-electron chi connectivity index (χ3n) is 3.74. The van der Waals surface area contributed by atoms with Crippen LogP contribution in [0.3, 0.4) is 0 Å². The predicted molar refractivity (Wildman–Crippen MR) is 113 cm³/mol. The average molecular weight is 430 g/mol. The van der Waals surface area contributed by atoms with Gasteiger partial charge in [-0.25, -0.2) is 0 Å². The van der Waals surface area contributed by atoms with Gasteiger partial charge in [0.15, 0.2) is 10.1 Å². The molecule has 7 nitrogen and oxygen atoms in total. The standard InChI is InChI=1S/C20H19N3O4S2/c1-26-16-9-7-15(8-10-16)17(24)13-28-20-23-22-19(29-20)21-18(25)12-27-11-14-5-3-2-4-6-14/h2-10H,11-13H2,1H3,(H,21,22,25). The zero-order valence-corrected chi connectivity index (χ0v) is 17.3. The van der Waals surface area contributed by atoms with Crippen LogP contribution < -0.4 is 10.1 Å². The first-order chi connectivity index (χ1) is 14.1. The van der Waals surface area contributed by atoms with E-state index in [1.807, 2.05) is 30.3 Å². The van der Waals surface area contributed by atoms with Gasteiger partial charge in [-0.2, -0.15) is 0 Å². The van der Waals surface area contributed by atoms with E-state index >= 15 is 0 Å². The largest absolute Gasteiger partial charge is 0.497 e. The van der Waals surface area contributed by atoms with Crippen LogP contribution in [0.15, 0.2) is 58.9 Å². The van der Waals surface area contributed by atoms with Gasteiger partial charge in [0.1, 0.15) is 12.4 Å². The molecule has 9 heteroatoms. The van der Waals surface area contributed by atoms with Crippen LogP contribution in [0.2, 0.25) is 0 Å². The zero-order chi connectivity index (χ0) is 20.5. The molecule has 2 aromatic carbocycles. The molecule has 0 bridgehead atoms. The number of Topliss-reactive ketones (excluding diaryl/α,β-unsaturated/α-hetero) is 1. The summed E-state index contributed by atoms with van der Waals surface area (Å²) in [5, 5.41) is 10.9. The number of anilines is 1. The van der Waals surface area contributed by atoms with Crippen LogP contribution in [-0.4, -0.2) is 41.4 Å². The Morgan fingerprint density at radius 3 is 2.55 bits per heavy atom. The van der Waals surface area contributed by atoms with Gasteiger partial charge in [0.2, 0.25) is 5.13 Å². The Kier molecular flexibility index (Phi) is 7.74. The van der Waals surface area contributed by atoms with Crippen molar-refractivity contribution in [3.63, 3.8) is 0 Å². The van der Waals surface area contributed by atoms with Crippen LogP contribution >= 0.6 is 23.1 Å². The molecule has 0 fully saturated rings. The molecule has 0 aliphatic heterocycles. The third kappa shape index (κ3) is 6.67. The molecule has 0 radical (unpaired) electrons. The highest BCUT2D eigenvalue weighted by Crippen LogP contribution is 2.26. The molecule has 1 amide bonds. The van der Waals surface area contributed by atoms with Gasteiger partial charge in [0, 0.05) is 5.56 Å². The normalized spacial score (nSPS) is 10.5. The Hall–Kier alpha value is -2.75. The maximum absolute atomic E-state index is 12.2. The number of ether oxygens (including phenoxy) is 2. The molecular formula is C20H19N3O4S2. The molecule has 3 aromatic rings. The first-order valence-corrected chi connectivity index (χ1v) is 10.5. The Balaban J connectivity index is 1.41. The van der Waals surface area contributed by atoms with E-state index in [0.717, 1.165) is 5.56 Å². The maximum Gasteiger partial charge on any atom is 0.252 e. The van der Waals surface area contributed by atoms with Crippen molar-refractivity contribution in [1.29, 1.82) is 0 Å². The number of rotatable bonds is 10. The quantitative estimate of drug-likeness (QED) is 0.299. The Labute approximate surface area is 176 Å². The molecule has 0 spiro atoms. The van der Waals surface area contributed by atoms with E-state index in [-0.39, 0.29) is 24.1 Å². The smallest absolute Gasteiger partial charge is 0.252 e. The topological polar surface area (TPSA) is 90.4 Å². The van der Waals surface area contributed by atoms with Crippen molar-refractivity contribution >= 4 is 39.9 Å². The van der Waals surface area contributed by atoms with Gasteiger partial charge in [-0.15, -0.1) is 10.2 Å². The van der Waals surface area contributed by atoms with Gasteiger partial charge in [0.25, 0.3) is 5.91 Å². The van der Waals surface area contributed by atoms with E-state index in [1.54, 1.807) is 31.4 Å². The van der Waals surface area contributed by atoms with Gasteiger partial charge in [-0.05, 0) is 29.8 Å². The van der Waals surface area contributed by atoms with Crippen LogP contribution in [0.5, 0.6) is 5.75 Å². The van der Waals surface area contributed by atoms with E-state index in [0.29, 0.717) is 27.4 Å². The summed E-state index contributed by atoms with van der Waals surface area (Å²) in [5.41, 5.74) is 1.60. The fraction of sp³-hybridized carbons (Fsp3) is 0.200. The van der Waals surface area contributed by atoms with Crippen molar-refractivity contribution in [1.82, 2.24) is 10.2 Å². The highest BCUT2D eigenvalue weighted by Gasteiger charge is 2.12. The minimum Gasteiger partial charge on any atom is -0.497 e. The summed E-state index contributed by atoms with van der Waals surface area (Å²) < 4.78 is 11.1. The number of ketones is 1. The lowest BCUT2D eigenvalue weighted by atomic mass is 10.1. The van der Waals surface area contributed by atoms with Crippen LogP contribution in [0.1, 0.15) is 15.9 Å². The van der Waals surface area contributed by atoms with Crippen LogP contribution in [0, 0.1) is 0 Å². The van der Waals surface area contributed by atoms with Crippen LogP contribution in [-0.2, 0) is 16.1 Å². The summed E-state index contributed by atoms with van der Waals surface area (Å²) in [7, 11) is 1.58. The van der Waals surface area contributed by atoms with Crippen LogP contribution in [0.25, 0.3) is 0 Å². The molecule has 0 aliphatic carbocycles. The van der Waals surface area contributed by atoms with E-state index in [9.17, 15) is 9.59 Å². The highest BCUT2D eigenvalue weighted by atomic mass is 32.2. The van der Waals surface area contributed by atoms with Crippen molar-refractivity contribution in [2.75, 3.05) is 24.8 Å². The lowest BCUT2D eigenvalue weighted by Crippen LogP contribution is -2.18. The molecule has 3 rings (SSSR count). The van der Waals surface area contributed by atoms with Crippen molar-refractivity contribution in [2.45, 2.75) is 10.9 Å². The van der Waals surface area contributed by atoms with Gasteiger partial charge in [0.05, 0.1) is 19.5 Å². The number of methoxy groups -OCH3 is 1. The average Bonchev–Trinajstić information content (AvgIpc) is 3.20. The highest BCUT2D eigenvalue weighted by molar-refractivity contribution is 8.01. The van der Waals surface area contributed by atoms with Gasteiger partial charge in [-0.3, -0.25) is 14.9 Å². The van der Waals surface area contributed by atoms with Gasteiger partial charge < -0.3 is 9.47 Å². The molecule has 0 unspecified atom stereocenters. The van der Waals surface area contributed by atoms with Crippen molar-refractivity contribution in [3.8, 4) is 5.75 Å². The lowest BCUT2D eigenvalue weighted by molar-refractivity contribution is -0.121. The second-order valence-electron chi connectivity index (χ2n) is 5.84. The SMILES string of the molecule is COc1ccc(C(=O)CSc2nnc(NC(=O)COCc3ccccc3)s2)cc1. The predicted octanol–water partition coefficient (Wildman–Crippen LogP) is 3.68. The monoisotopic (exact) mass is 429 g/mol. The number of aromatic nitrogens is 2. The minimum absolute atomic E-state index is 0.0206. The lowest BCUT2D eigenvalue weighted by Gasteiger charge is -2.03. The second-order valence-corrected chi connectivity index (χ2v) is 8.04. The number of hydrogen-bond acceptors (Lipinski definition) is 8. The number of carbonyl (C=O) groups is 2. The van der Waals surface area contributed by atoms with E-state index < -0.39 is 0 Å². The summed E-state index contributed by atoms with van der Waals surface area (Å²) in [4.78, 5) is 24.2. The van der Waals surface area contributed by atoms with E-state index in [2.05, 4.69) is 15.5 Å². The number of amides is 1. The Morgan fingerprint density at radius 1 is 1.07 bits per heavy atom. The molecule has 1 aromatic heterocycles. The molecule has 0 atom stereocenters. The zero-order valence-electron chi connectivity index (χ0n) is 15.7. The van der Waals surface area contributed by atoms with E-state index in [4.69, 9.17) is 9.47 Å². The third-order valence-corrected chi connectivity index (χ3v) is 5.71. The summed E-state index contributed by atoms with van der Waals surface area (Å²) in [6, 6.07) is 16.6. The van der Waals surface area contributed by atoms with Crippen molar-refractivity contribution < 1.29 is 19.1 Å². The second kappa shape index (κ2) is 10.7. The number of carbonyl (C=O) groups excluding carboxylic acids is 2.